The Morgan fingerprint density at radius 2 is 2.23 bits per heavy atom. The van der Waals surface area contributed by atoms with E-state index in [9.17, 15) is 13.2 Å². The topological polar surface area (TPSA) is 111 Å². The van der Waals surface area contributed by atoms with Crippen LogP contribution in [0.15, 0.2) is 24.3 Å². The van der Waals surface area contributed by atoms with E-state index in [4.69, 9.17) is 9.88 Å². The second-order valence-electron chi connectivity index (χ2n) is 5.00. The molecule has 124 valence electrons. The van der Waals surface area contributed by atoms with Crippen LogP contribution in [0.4, 0.5) is 5.69 Å². The molecule has 1 aliphatic rings. The van der Waals surface area contributed by atoms with Gasteiger partial charge in [0.1, 0.15) is 6.04 Å². The molecule has 1 amide bonds. The first-order valence-corrected chi connectivity index (χ1v) is 8.32. The number of benzene rings is 1. The lowest BCUT2D eigenvalue weighted by Gasteiger charge is -2.29. The largest absolute Gasteiger partial charge is 0.375 e. The number of amides is 1. The molecular weight excluding hydrogens is 330 g/mol. The van der Waals surface area contributed by atoms with Crippen molar-refractivity contribution >= 4 is 34.0 Å². The van der Waals surface area contributed by atoms with Crippen LogP contribution >= 0.6 is 12.4 Å². The second kappa shape index (κ2) is 7.89. The highest BCUT2D eigenvalue weighted by molar-refractivity contribution is 7.88. The number of carbonyl (C=O) groups is 1. The molecule has 0 radical (unpaired) electrons. The van der Waals surface area contributed by atoms with Gasteiger partial charge < -0.3 is 15.4 Å². The lowest BCUT2D eigenvalue weighted by molar-refractivity contribution is -0.123. The zero-order valence-corrected chi connectivity index (χ0v) is 13.7. The fourth-order valence-electron chi connectivity index (χ4n) is 2.22. The molecule has 1 fully saturated rings. The molecule has 1 aliphatic heterocycles. The summed E-state index contributed by atoms with van der Waals surface area (Å²) < 4.78 is 27.6. The Morgan fingerprint density at radius 1 is 1.50 bits per heavy atom. The summed E-state index contributed by atoms with van der Waals surface area (Å²) in [5, 5.41) is 10.9. The predicted octanol–water partition coefficient (Wildman–Crippen LogP) is 0.212. The Kier molecular flexibility index (Phi) is 6.76. The van der Waals surface area contributed by atoms with Gasteiger partial charge in [0.15, 0.2) is 0 Å². The highest BCUT2D eigenvalue weighted by Crippen LogP contribution is 2.14. The van der Waals surface area contributed by atoms with Crippen LogP contribution in [0.2, 0.25) is 0 Å². The van der Waals surface area contributed by atoms with E-state index in [1.807, 2.05) is 6.92 Å². The number of halogens is 1. The summed E-state index contributed by atoms with van der Waals surface area (Å²) >= 11 is 0. The third-order valence-corrected chi connectivity index (χ3v) is 3.90. The Hall–Kier alpha value is -1.19. The molecule has 0 saturated carbocycles. The Labute approximate surface area is 136 Å². The van der Waals surface area contributed by atoms with Crippen molar-refractivity contribution in [2.75, 3.05) is 18.5 Å². The van der Waals surface area contributed by atoms with Gasteiger partial charge in [-0.2, -0.15) is 0 Å². The standard InChI is InChI=1S/C13H19N3O4S.ClH/c1-9-12(15-5-6-20-9)13(17)16-11-4-2-3-10(7-11)8-21(14,18)19;/h2-4,7,9,12,15H,5-6,8H2,1H3,(H,16,17)(H2,14,18,19);1H/t9-,12+;/m1./s1. The average molecular weight is 350 g/mol. The molecular formula is C13H20ClN3O4S. The normalized spacial score (nSPS) is 21.7. The van der Waals surface area contributed by atoms with Crippen molar-refractivity contribution in [3.63, 3.8) is 0 Å². The van der Waals surface area contributed by atoms with Crippen molar-refractivity contribution in [3.05, 3.63) is 29.8 Å². The van der Waals surface area contributed by atoms with Crippen molar-refractivity contribution in [2.24, 2.45) is 5.14 Å². The highest BCUT2D eigenvalue weighted by atomic mass is 35.5. The van der Waals surface area contributed by atoms with Gasteiger partial charge in [0.05, 0.1) is 18.5 Å². The van der Waals surface area contributed by atoms with Gasteiger partial charge in [-0.3, -0.25) is 4.79 Å². The van der Waals surface area contributed by atoms with E-state index < -0.39 is 16.1 Å². The van der Waals surface area contributed by atoms with Crippen LogP contribution in [0.25, 0.3) is 0 Å². The van der Waals surface area contributed by atoms with E-state index in [2.05, 4.69) is 10.6 Å². The lowest BCUT2D eigenvalue weighted by Crippen LogP contribution is -2.53. The van der Waals surface area contributed by atoms with E-state index in [1.54, 1.807) is 24.3 Å². The van der Waals surface area contributed by atoms with Gasteiger partial charge in [0.2, 0.25) is 15.9 Å². The van der Waals surface area contributed by atoms with Crippen LogP contribution in [-0.4, -0.2) is 39.6 Å². The van der Waals surface area contributed by atoms with E-state index in [-0.39, 0.29) is 30.2 Å². The minimum atomic E-state index is -3.60. The molecule has 1 aromatic carbocycles. The number of carbonyl (C=O) groups excluding carboxylic acids is 1. The van der Waals surface area contributed by atoms with Crippen LogP contribution in [0.1, 0.15) is 12.5 Å². The van der Waals surface area contributed by atoms with Crippen LogP contribution in [0.3, 0.4) is 0 Å². The predicted molar refractivity (Wildman–Crippen MR) is 86.3 cm³/mol. The van der Waals surface area contributed by atoms with E-state index >= 15 is 0 Å². The molecule has 0 aliphatic carbocycles. The fraction of sp³-hybridized carbons (Fsp3) is 0.462. The van der Waals surface area contributed by atoms with Crippen molar-refractivity contribution in [1.29, 1.82) is 0 Å². The van der Waals surface area contributed by atoms with E-state index in [0.717, 1.165) is 0 Å². The smallest absolute Gasteiger partial charge is 0.244 e. The van der Waals surface area contributed by atoms with Gasteiger partial charge in [-0.15, -0.1) is 12.4 Å². The number of anilines is 1. The number of rotatable bonds is 4. The number of nitrogens with two attached hydrogens (primary N) is 1. The molecule has 7 nitrogen and oxygen atoms in total. The molecule has 2 atom stereocenters. The Bertz CT molecular complexity index is 623. The van der Waals surface area contributed by atoms with Crippen LogP contribution in [0.5, 0.6) is 0 Å². The number of ether oxygens (including phenoxy) is 1. The van der Waals surface area contributed by atoms with E-state index in [1.165, 1.54) is 0 Å². The fourth-order valence-corrected chi connectivity index (χ4v) is 2.86. The quantitative estimate of drug-likeness (QED) is 0.719. The summed E-state index contributed by atoms with van der Waals surface area (Å²) in [6.45, 7) is 3.02. The van der Waals surface area contributed by atoms with Gasteiger partial charge in [-0.25, -0.2) is 13.6 Å². The maximum absolute atomic E-state index is 12.2. The zero-order chi connectivity index (χ0) is 15.5. The zero-order valence-electron chi connectivity index (χ0n) is 12.1. The molecule has 2 rings (SSSR count). The van der Waals surface area contributed by atoms with Crippen LogP contribution < -0.4 is 15.8 Å². The maximum Gasteiger partial charge on any atom is 0.244 e. The molecule has 0 spiro atoms. The summed E-state index contributed by atoms with van der Waals surface area (Å²) in [5.74, 6) is -0.479. The first kappa shape index (κ1) is 18.9. The number of nitrogens with one attached hydrogen (secondary N) is 2. The van der Waals surface area contributed by atoms with Crippen LogP contribution in [0, 0.1) is 0 Å². The summed E-state index contributed by atoms with van der Waals surface area (Å²) in [7, 11) is -3.60. The molecule has 1 heterocycles. The van der Waals surface area contributed by atoms with Gasteiger partial charge in [-0.05, 0) is 24.6 Å². The average Bonchev–Trinajstić information content (AvgIpc) is 2.37. The molecule has 0 unspecified atom stereocenters. The minimum absolute atomic E-state index is 0. The SMILES string of the molecule is C[C@H]1OCCN[C@@H]1C(=O)Nc1cccc(CS(N)(=O)=O)c1.Cl. The lowest BCUT2D eigenvalue weighted by atomic mass is 10.1. The number of sulfonamides is 1. The second-order valence-corrected chi connectivity index (χ2v) is 6.62. The highest BCUT2D eigenvalue weighted by Gasteiger charge is 2.28. The van der Waals surface area contributed by atoms with Crippen molar-refractivity contribution in [1.82, 2.24) is 5.32 Å². The van der Waals surface area contributed by atoms with Gasteiger partial charge >= 0.3 is 0 Å². The van der Waals surface area contributed by atoms with Gasteiger partial charge in [0.25, 0.3) is 0 Å². The summed E-state index contributed by atoms with van der Waals surface area (Å²) in [6.07, 6.45) is -0.216. The number of morpholine rings is 1. The van der Waals surface area contributed by atoms with E-state index in [0.29, 0.717) is 24.4 Å². The first-order valence-electron chi connectivity index (χ1n) is 6.60. The number of primary sulfonamides is 1. The van der Waals surface area contributed by atoms with Crippen LogP contribution in [-0.2, 0) is 25.3 Å². The summed E-state index contributed by atoms with van der Waals surface area (Å²) in [6, 6.07) is 6.17. The Balaban J connectivity index is 0.00000242. The molecule has 0 aromatic heterocycles. The maximum atomic E-state index is 12.2. The molecule has 4 N–H and O–H groups in total. The Morgan fingerprint density at radius 3 is 2.86 bits per heavy atom. The molecule has 0 bridgehead atoms. The van der Waals surface area contributed by atoms with Crippen molar-refractivity contribution in [3.8, 4) is 0 Å². The third-order valence-electron chi connectivity index (χ3n) is 3.16. The molecule has 1 saturated heterocycles. The van der Waals surface area contributed by atoms with Crippen molar-refractivity contribution < 1.29 is 17.9 Å². The molecule has 9 heteroatoms. The molecule has 22 heavy (non-hydrogen) atoms. The summed E-state index contributed by atoms with van der Waals surface area (Å²) in [5.41, 5.74) is 1.05. The summed E-state index contributed by atoms with van der Waals surface area (Å²) in [4.78, 5) is 12.2. The minimum Gasteiger partial charge on any atom is -0.375 e. The number of hydrogen-bond acceptors (Lipinski definition) is 5. The van der Waals surface area contributed by atoms with Gasteiger partial charge in [-0.1, -0.05) is 12.1 Å². The monoisotopic (exact) mass is 349 g/mol. The first-order chi connectivity index (χ1) is 9.85. The van der Waals surface area contributed by atoms with Crippen molar-refractivity contribution in [2.45, 2.75) is 24.8 Å². The third kappa shape index (κ3) is 5.54. The van der Waals surface area contributed by atoms with Gasteiger partial charge in [0, 0.05) is 12.2 Å². The molecule has 1 aromatic rings. The number of hydrogen-bond donors (Lipinski definition) is 3.